The Hall–Kier alpha value is -1.79. The van der Waals surface area contributed by atoms with Crippen LogP contribution in [0, 0.1) is 6.92 Å². The maximum atomic E-state index is 12.6. The van der Waals surface area contributed by atoms with Gasteiger partial charge in [-0.15, -0.1) is 0 Å². The highest BCUT2D eigenvalue weighted by Gasteiger charge is 2.21. The SMILES string of the molecule is CCN(CC)c1ccc(NC(=O)N2CCN(CCCN(C)C)CC2)c(C)c1. The van der Waals surface area contributed by atoms with Gasteiger partial charge in [-0.1, -0.05) is 0 Å². The Morgan fingerprint density at radius 3 is 2.33 bits per heavy atom. The molecule has 0 aromatic heterocycles. The van der Waals surface area contributed by atoms with Gasteiger partial charge in [-0.2, -0.15) is 0 Å². The fourth-order valence-corrected chi connectivity index (χ4v) is 3.55. The van der Waals surface area contributed by atoms with Crippen LogP contribution in [0.4, 0.5) is 16.2 Å². The smallest absolute Gasteiger partial charge is 0.321 e. The van der Waals surface area contributed by atoms with E-state index in [0.29, 0.717) is 0 Å². The number of carbonyl (C=O) groups is 1. The lowest BCUT2D eigenvalue weighted by Gasteiger charge is -2.35. The van der Waals surface area contributed by atoms with Gasteiger partial charge in [0.2, 0.25) is 0 Å². The number of piperazine rings is 1. The van der Waals surface area contributed by atoms with E-state index in [1.54, 1.807) is 0 Å². The first-order chi connectivity index (χ1) is 12.9. The number of amides is 2. The number of aryl methyl sites for hydroxylation is 1. The van der Waals surface area contributed by atoms with Crippen molar-refractivity contribution in [2.24, 2.45) is 0 Å². The van der Waals surface area contributed by atoms with Crippen molar-refractivity contribution < 1.29 is 4.79 Å². The second kappa shape index (κ2) is 10.5. The van der Waals surface area contributed by atoms with Crippen LogP contribution in [-0.4, -0.2) is 87.2 Å². The molecule has 1 saturated heterocycles. The molecule has 1 aliphatic rings. The molecule has 1 aliphatic heterocycles. The van der Waals surface area contributed by atoms with E-state index in [4.69, 9.17) is 0 Å². The summed E-state index contributed by atoms with van der Waals surface area (Å²) in [5, 5.41) is 3.10. The van der Waals surface area contributed by atoms with Crippen LogP contribution in [0.1, 0.15) is 25.8 Å². The molecule has 1 aromatic rings. The zero-order chi connectivity index (χ0) is 19.8. The zero-order valence-electron chi connectivity index (χ0n) is 17.8. The molecule has 152 valence electrons. The van der Waals surface area contributed by atoms with E-state index in [1.807, 2.05) is 11.0 Å². The first kappa shape index (κ1) is 21.5. The van der Waals surface area contributed by atoms with Crippen molar-refractivity contribution in [3.8, 4) is 0 Å². The molecule has 0 saturated carbocycles. The van der Waals surface area contributed by atoms with Gasteiger partial charge in [-0.05, 0) is 78.1 Å². The number of nitrogens with zero attached hydrogens (tertiary/aromatic N) is 4. The highest BCUT2D eigenvalue weighted by molar-refractivity contribution is 5.90. The predicted molar refractivity (Wildman–Crippen MR) is 115 cm³/mol. The summed E-state index contributed by atoms with van der Waals surface area (Å²) in [5.41, 5.74) is 3.22. The summed E-state index contributed by atoms with van der Waals surface area (Å²) in [7, 11) is 4.22. The maximum Gasteiger partial charge on any atom is 0.321 e. The highest BCUT2D eigenvalue weighted by Crippen LogP contribution is 2.23. The fourth-order valence-electron chi connectivity index (χ4n) is 3.55. The maximum absolute atomic E-state index is 12.6. The van der Waals surface area contributed by atoms with E-state index in [-0.39, 0.29) is 6.03 Å². The standard InChI is InChI=1S/C21H37N5O/c1-6-25(7-2)19-9-10-20(18(3)17-19)22-21(27)26-15-13-24(14-16-26)12-8-11-23(4)5/h9-10,17H,6-8,11-16H2,1-5H3,(H,22,27). The van der Waals surface area contributed by atoms with E-state index >= 15 is 0 Å². The largest absolute Gasteiger partial charge is 0.372 e. The van der Waals surface area contributed by atoms with Gasteiger partial charge in [0, 0.05) is 50.6 Å². The molecule has 0 bridgehead atoms. The molecule has 0 atom stereocenters. The van der Waals surface area contributed by atoms with E-state index in [1.165, 1.54) is 12.1 Å². The van der Waals surface area contributed by atoms with E-state index in [9.17, 15) is 4.79 Å². The van der Waals surface area contributed by atoms with Gasteiger partial charge in [0.25, 0.3) is 0 Å². The lowest BCUT2D eigenvalue weighted by Crippen LogP contribution is -2.50. The summed E-state index contributed by atoms with van der Waals surface area (Å²) in [6.45, 7) is 14.1. The molecule has 6 nitrogen and oxygen atoms in total. The average Bonchev–Trinajstić information content (AvgIpc) is 2.65. The van der Waals surface area contributed by atoms with Gasteiger partial charge >= 0.3 is 6.03 Å². The third-order valence-corrected chi connectivity index (χ3v) is 5.32. The number of anilines is 2. The monoisotopic (exact) mass is 375 g/mol. The van der Waals surface area contributed by atoms with Crippen LogP contribution in [0.5, 0.6) is 0 Å². The van der Waals surface area contributed by atoms with Gasteiger partial charge in [0.15, 0.2) is 0 Å². The number of benzene rings is 1. The van der Waals surface area contributed by atoms with Crippen LogP contribution in [0.25, 0.3) is 0 Å². The number of urea groups is 1. The summed E-state index contributed by atoms with van der Waals surface area (Å²) in [4.78, 5) is 21.6. The number of rotatable bonds is 8. The van der Waals surface area contributed by atoms with Gasteiger partial charge in [-0.25, -0.2) is 4.79 Å². The molecule has 1 aromatic carbocycles. The molecule has 0 unspecified atom stereocenters. The second-order valence-corrected chi connectivity index (χ2v) is 7.59. The quantitative estimate of drug-likeness (QED) is 0.759. The predicted octanol–water partition coefficient (Wildman–Crippen LogP) is 2.94. The topological polar surface area (TPSA) is 42.1 Å². The number of nitrogens with one attached hydrogen (secondary N) is 1. The fraction of sp³-hybridized carbons (Fsp3) is 0.667. The summed E-state index contributed by atoms with van der Waals surface area (Å²) >= 11 is 0. The lowest BCUT2D eigenvalue weighted by molar-refractivity contribution is 0.144. The molecular formula is C21H37N5O. The summed E-state index contributed by atoms with van der Waals surface area (Å²) in [6.07, 6.45) is 1.18. The normalized spacial score (nSPS) is 15.3. The third kappa shape index (κ3) is 6.40. The van der Waals surface area contributed by atoms with Gasteiger partial charge in [0.1, 0.15) is 0 Å². The summed E-state index contributed by atoms with van der Waals surface area (Å²) < 4.78 is 0. The molecule has 1 N–H and O–H groups in total. The Kier molecular flexibility index (Phi) is 8.38. The Morgan fingerprint density at radius 2 is 1.78 bits per heavy atom. The lowest BCUT2D eigenvalue weighted by atomic mass is 10.1. The van der Waals surface area contributed by atoms with Crippen molar-refractivity contribution in [3.05, 3.63) is 23.8 Å². The molecule has 1 heterocycles. The number of hydrogen-bond donors (Lipinski definition) is 1. The minimum absolute atomic E-state index is 0.0154. The molecule has 0 spiro atoms. The minimum Gasteiger partial charge on any atom is -0.372 e. The Morgan fingerprint density at radius 1 is 1.11 bits per heavy atom. The Balaban J connectivity index is 1.84. The van der Waals surface area contributed by atoms with Crippen molar-refractivity contribution in [1.29, 1.82) is 0 Å². The zero-order valence-corrected chi connectivity index (χ0v) is 17.8. The summed E-state index contributed by atoms with van der Waals surface area (Å²) in [6, 6.07) is 6.30. The average molecular weight is 376 g/mol. The molecule has 2 rings (SSSR count). The van der Waals surface area contributed by atoms with Crippen molar-refractivity contribution >= 4 is 17.4 Å². The number of carbonyl (C=O) groups excluding carboxylic acids is 1. The minimum atomic E-state index is 0.0154. The molecule has 6 heteroatoms. The highest BCUT2D eigenvalue weighted by atomic mass is 16.2. The second-order valence-electron chi connectivity index (χ2n) is 7.59. The molecule has 1 fully saturated rings. The molecule has 0 aliphatic carbocycles. The van der Waals surface area contributed by atoms with Crippen LogP contribution in [0.2, 0.25) is 0 Å². The van der Waals surface area contributed by atoms with Crippen LogP contribution in [0.3, 0.4) is 0 Å². The first-order valence-corrected chi connectivity index (χ1v) is 10.2. The summed E-state index contributed by atoms with van der Waals surface area (Å²) in [5.74, 6) is 0. The Labute approximate surface area is 165 Å². The van der Waals surface area contributed by atoms with Crippen molar-refractivity contribution in [3.63, 3.8) is 0 Å². The van der Waals surface area contributed by atoms with Crippen molar-refractivity contribution in [1.82, 2.24) is 14.7 Å². The Bertz CT molecular complexity index is 592. The van der Waals surface area contributed by atoms with E-state index < -0.39 is 0 Å². The first-order valence-electron chi connectivity index (χ1n) is 10.2. The van der Waals surface area contributed by atoms with Crippen LogP contribution in [0.15, 0.2) is 18.2 Å². The van der Waals surface area contributed by atoms with Gasteiger partial charge in [-0.3, -0.25) is 4.90 Å². The van der Waals surface area contributed by atoms with E-state index in [0.717, 1.165) is 63.6 Å². The van der Waals surface area contributed by atoms with Crippen molar-refractivity contribution in [2.45, 2.75) is 27.2 Å². The molecule has 2 amide bonds. The molecule has 0 radical (unpaired) electrons. The molecular weight excluding hydrogens is 338 g/mol. The molecule has 27 heavy (non-hydrogen) atoms. The van der Waals surface area contributed by atoms with Crippen molar-refractivity contribution in [2.75, 3.05) is 76.7 Å². The van der Waals surface area contributed by atoms with Crippen LogP contribution < -0.4 is 10.2 Å². The van der Waals surface area contributed by atoms with E-state index in [2.05, 4.69) is 67.0 Å². The van der Waals surface area contributed by atoms with Crippen LogP contribution in [-0.2, 0) is 0 Å². The van der Waals surface area contributed by atoms with Gasteiger partial charge < -0.3 is 20.0 Å². The third-order valence-electron chi connectivity index (χ3n) is 5.32. The number of hydrogen-bond acceptors (Lipinski definition) is 4. The van der Waals surface area contributed by atoms with Crippen LogP contribution >= 0.6 is 0 Å². The van der Waals surface area contributed by atoms with Gasteiger partial charge in [0.05, 0.1) is 0 Å².